The van der Waals surface area contributed by atoms with Crippen LogP contribution < -0.4 is 10.6 Å². The van der Waals surface area contributed by atoms with Gasteiger partial charge in [0.05, 0.1) is 6.42 Å². The zero-order valence-electron chi connectivity index (χ0n) is 11.0. The minimum Gasteiger partial charge on any atom is -0.355 e. The first-order chi connectivity index (χ1) is 8.13. The van der Waals surface area contributed by atoms with Crippen LogP contribution in [0.25, 0.3) is 0 Å². The van der Waals surface area contributed by atoms with Crippen LogP contribution in [0.1, 0.15) is 23.6 Å². The average Bonchev–Trinajstić information content (AvgIpc) is 2.30. The molecule has 1 rings (SSSR count). The van der Waals surface area contributed by atoms with Gasteiger partial charge >= 0.3 is 0 Å². The zero-order valence-corrected chi connectivity index (χ0v) is 11.0. The second kappa shape index (κ2) is 7.07. The molecule has 3 heteroatoms. The van der Waals surface area contributed by atoms with E-state index in [9.17, 15) is 4.79 Å². The average molecular weight is 234 g/mol. The predicted octanol–water partition coefficient (Wildman–Crippen LogP) is 1.57. The van der Waals surface area contributed by atoms with Crippen LogP contribution in [0.2, 0.25) is 0 Å². The lowest BCUT2D eigenvalue weighted by molar-refractivity contribution is -0.120. The van der Waals surface area contributed by atoms with Crippen molar-refractivity contribution in [2.24, 2.45) is 0 Å². The van der Waals surface area contributed by atoms with Gasteiger partial charge in [0.25, 0.3) is 0 Å². The van der Waals surface area contributed by atoms with E-state index in [0.717, 1.165) is 18.7 Å². The van der Waals surface area contributed by atoms with Gasteiger partial charge in [-0.1, -0.05) is 25.1 Å². The van der Waals surface area contributed by atoms with E-state index in [2.05, 4.69) is 43.5 Å². The van der Waals surface area contributed by atoms with E-state index in [1.807, 2.05) is 6.07 Å². The molecule has 3 nitrogen and oxygen atoms in total. The van der Waals surface area contributed by atoms with E-state index in [1.54, 1.807) is 0 Å². The van der Waals surface area contributed by atoms with E-state index in [0.29, 0.717) is 13.0 Å². The minimum atomic E-state index is 0.0890. The Labute approximate surface area is 104 Å². The van der Waals surface area contributed by atoms with Crippen molar-refractivity contribution in [2.45, 2.75) is 27.2 Å². The van der Waals surface area contributed by atoms with Crippen molar-refractivity contribution in [3.8, 4) is 0 Å². The highest BCUT2D eigenvalue weighted by atomic mass is 16.1. The standard InChI is InChI=1S/C14H22N2O/c1-4-15-7-8-16-14(17)10-13-6-5-11(2)12(3)9-13/h5-6,9,15H,4,7-8,10H2,1-3H3,(H,16,17). The topological polar surface area (TPSA) is 41.1 Å². The van der Waals surface area contributed by atoms with Gasteiger partial charge in [0, 0.05) is 13.1 Å². The predicted molar refractivity (Wildman–Crippen MR) is 71.2 cm³/mol. The molecule has 0 atom stereocenters. The summed E-state index contributed by atoms with van der Waals surface area (Å²) in [5.74, 6) is 0.0890. The summed E-state index contributed by atoms with van der Waals surface area (Å²) in [6.07, 6.45) is 0.466. The van der Waals surface area contributed by atoms with Gasteiger partial charge in [-0.25, -0.2) is 0 Å². The molecule has 0 aliphatic carbocycles. The highest BCUT2D eigenvalue weighted by Gasteiger charge is 2.03. The number of amides is 1. The van der Waals surface area contributed by atoms with Crippen molar-refractivity contribution >= 4 is 5.91 Å². The molecule has 0 heterocycles. The lowest BCUT2D eigenvalue weighted by atomic mass is 10.0. The Morgan fingerprint density at radius 3 is 2.59 bits per heavy atom. The Kier molecular flexibility index (Phi) is 5.70. The molecule has 0 aliphatic heterocycles. The normalized spacial score (nSPS) is 10.3. The van der Waals surface area contributed by atoms with Crippen molar-refractivity contribution in [2.75, 3.05) is 19.6 Å². The highest BCUT2D eigenvalue weighted by Crippen LogP contribution is 2.10. The molecule has 1 amide bonds. The molecule has 0 saturated heterocycles. The molecule has 0 bridgehead atoms. The summed E-state index contributed by atoms with van der Waals surface area (Å²) in [7, 11) is 0. The molecule has 17 heavy (non-hydrogen) atoms. The smallest absolute Gasteiger partial charge is 0.224 e. The number of aryl methyl sites for hydroxylation is 2. The van der Waals surface area contributed by atoms with Gasteiger partial charge < -0.3 is 10.6 Å². The number of hydrogen-bond donors (Lipinski definition) is 2. The second-order valence-electron chi connectivity index (χ2n) is 4.30. The minimum absolute atomic E-state index is 0.0890. The summed E-state index contributed by atoms with van der Waals surface area (Å²) in [5.41, 5.74) is 3.58. The van der Waals surface area contributed by atoms with Gasteiger partial charge in [-0.15, -0.1) is 0 Å². The maximum atomic E-state index is 11.6. The van der Waals surface area contributed by atoms with Gasteiger partial charge in [0.1, 0.15) is 0 Å². The fraction of sp³-hybridized carbons (Fsp3) is 0.500. The van der Waals surface area contributed by atoms with Gasteiger partial charge in [0.15, 0.2) is 0 Å². The Hall–Kier alpha value is -1.35. The Morgan fingerprint density at radius 1 is 1.18 bits per heavy atom. The van der Waals surface area contributed by atoms with E-state index in [4.69, 9.17) is 0 Å². The fourth-order valence-electron chi connectivity index (χ4n) is 1.63. The van der Waals surface area contributed by atoms with Crippen LogP contribution >= 0.6 is 0 Å². The summed E-state index contributed by atoms with van der Waals surface area (Å²) in [4.78, 5) is 11.6. The molecular weight excluding hydrogens is 212 g/mol. The van der Waals surface area contributed by atoms with Crippen LogP contribution in [-0.2, 0) is 11.2 Å². The first-order valence-corrected chi connectivity index (χ1v) is 6.17. The third-order valence-corrected chi connectivity index (χ3v) is 2.81. The third kappa shape index (κ3) is 5.00. The molecule has 94 valence electrons. The maximum absolute atomic E-state index is 11.6. The van der Waals surface area contributed by atoms with Gasteiger partial charge in [-0.3, -0.25) is 4.79 Å². The highest BCUT2D eigenvalue weighted by molar-refractivity contribution is 5.78. The number of carbonyl (C=O) groups excluding carboxylic acids is 1. The monoisotopic (exact) mass is 234 g/mol. The van der Waals surface area contributed by atoms with Crippen LogP contribution in [0.4, 0.5) is 0 Å². The first kappa shape index (κ1) is 13.7. The number of likely N-dealkylation sites (N-methyl/N-ethyl adjacent to an activating group) is 1. The number of rotatable bonds is 6. The molecule has 1 aromatic rings. The van der Waals surface area contributed by atoms with Crippen LogP contribution in [0.3, 0.4) is 0 Å². The van der Waals surface area contributed by atoms with Crippen molar-refractivity contribution in [1.29, 1.82) is 0 Å². The molecule has 0 fully saturated rings. The molecule has 0 unspecified atom stereocenters. The Balaban J connectivity index is 2.37. The largest absolute Gasteiger partial charge is 0.355 e. The van der Waals surface area contributed by atoms with Gasteiger partial charge in [-0.2, -0.15) is 0 Å². The number of benzene rings is 1. The lowest BCUT2D eigenvalue weighted by Gasteiger charge is -2.07. The lowest BCUT2D eigenvalue weighted by Crippen LogP contribution is -2.32. The zero-order chi connectivity index (χ0) is 12.7. The van der Waals surface area contributed by atoms with Crippen molar-refractivity contribution in [1.82, 2.24) is 10.6 Å². The third-order valence-electron chi connectivity index (χ3n) is 2.81. The molecule has 0 aromatic heterocycles. The van der Waals surface area contributed by atoms with Gasteiger partial charge in [0.2, 0.25) is 5.91 Å². The number of carbonyl (C=O) groups is 1. The number of hydrogen-bond acceptors (Lipinski definition) is 2. The summed E-state index contributed by atoms with van der Waals surface area (Å²) in [6, 6.07) is 6.17. The number of nitrogens with one attached hydrogen (secondary N) is 2. The van der Waals surface area contributed by atoms with Crippen LogP contribution in [0.5, 0.6) is 0 Å². The SMILES string of the molecule is CCNCCNC(=O)Cc1ccc(C)c(C)c1. The summed E-state index contributed by atoms with van der Waals surface area (Å²) in [5, 5.41) is 6.07. The summed E-state index contributed by atoms with van der Waals surface area (Å²) in [6.45, 7) is 8.66. The first-order valence-electron chi connectivity index (χ1n) is 6.17. The molecule has 0 saturated carbocycles. The van der Waals surface area contributed by atoms with Crippen molar-refractivity contribution < 1.29 is 4.79 Å². The quantitative estimate of drug-likeness (QED) is 0.734. The molecule has 0 radical (unpaired) electrons. The Morgan fingerprint density at radius 2 is 1.94 bits per heavy atom. The van der Waals surface area contributed by atoms with Gasteiger partial charge in [-0.05, 0) is 37.1 Å². The van der Waals surface area contributed by atoms with Crippen LogP contribution in [0.15, 0.2) is 18.2 Å². The molecule has 0 aliphatic rings. The van der Waals surface area contributed by atoms with Crippen molar-refractivity contribution in [3.05, 3.63) is 34.9 Å². The van der Waals surface area contributed by atoms with E-state index >= 15 is 0 Å². The molecule has 1 aromatic carbocycles. The maximum Gasteiger partial charge on any atom is 0.224 e. The molecule has 2 N–H and O–H groups in total. The Bertz CT molecular complexity index is 374. The summed E-state index contributed by atoms with van der Waals surface area (Å²) >= 11 is 0. The summed E-state index contributed by atoms with van der Waals surface area (Å²) < 4.78 is 0. The van der Waals surface area contributed by atoms with Crippen molar-refractivity contribution in [3.63, 3.8) is 0 Å². The second-order valence-corrected chi connectivity index (χ2v) is 4.30. The molecule has 0 spiro atoms. The van der Waals surface area contributed by atoms with E-state index in [1.165, 1.54) is 11.1 Å². The van der Waals surface area contributed by atoms with Crippen LogP contribution in [0, 0.1) is 13.8 Å². The van der Waals surface area contributed by atoms with Crippen LogP contribution in [-0.4, -0.2) is 25.5 Å². The molecular formula is C14H22N2O. The van der Waals surface area contributed by atoms with E-state index in [-0.39, 0.29) is 5.91 Å². The fourth-order valence-corrected chi connectivity index (χ4v) is 1.63. The van der Waals surface area contributed by atoms with E-state index < -0.39 is 0 Å².